The first-order valence-electron chi connectivity index (χ1n) is 10.6. The average molecular weight is 417 g/mol. The number of nitrogens with one attached hydrogen (secondary N) is 1. The number of morpholine rings is 1. The van der Waals surface area contributed by atoms with Crippen molar-refractivity contribution < 1.29 is 9.13 Å². The molecule has 2 aliphatic rings. The maximum atomic E-state index is 13.7. The summed E-state index contributed by atoms with van der Waals surface area (Å²) in [5, 5.41) is 3.44. The number of rotatable bonds is 6. The monoisotopic (exact) mass is 417 g/mol. The fourth-order valence-electron chi connectivity index (χ4n) is 4.06. The normalized spacial score (nSPS) is 15.5. The molecule has 1 aliphatic carbocycles. The summed E-state index contributed by atoms with van der Waals surface area (Å²) in [5.74, 6) is 1.59. The van der Waals surface area contributed by atoms with Gasteiger partial charge in [0.15, 0.2) is 5.82 Å². The number of halogens is 1. The first kappa shape index (κ1) is 19.6. The maximum absolute atomic E-state index is 13.7. The molecule has 0 bridgehead atoms. The van der Waals surface area contributed by atoms with Crippen LogP contribution in [0, 0.1) is 5.82 Å². The third-order valence-electron chi connectivity index (χ3n) is 5.64. The Morgan fingerprint density at radius 1 is 1.06 bits per heavy atom. The molecule has 1 N–H and O–H groups in total. The van der Waals surface area contributed by atoms with Gasteiger partial charge in [-0.2, -0.15) is 0 Å². The quantitative estimate of drug-likeness (QED) is 0.655. The lowest BCUT2D eigenvalue weighted by Crippen LogP contribution is -2.36. The highest BCUT2D eigenvalue weighted by Crippen LogP contribution is 2.29. The maximum Gasteiger partial charge on any atom is 0.165 e. The summed E-state index contributed by atoms with van der Waals surface area (Å²) in [5.41, 5.74) is 4.65. The van der Waals surface area contributed by atoms with E-state index < -0.39 is 5.82 Å². The van der Waals surface area contributed by atoms with Crippen molar-refractivity contribution in [3.63, 3.8) is 0 Å². The summed E-state index contributed by atoms with van der Waals surface area (Å²) in [4.78, 5) is 15.4. The molecule has 1 aromatic carbocycles. The number of fused-ring (bicyclic) bond motifs is 1. The zero-order valence-electron chi connectivity index (χ0n) is 17.2. The number of hydrogen-bond donors (Lipinski definition) is 1. The van der Waals surface area contributed by atoms with Gasteiger partial charge in [-0.25, -0.2) is 14.4 Å². The van der Waals surface area contributed by atoms with Gasteiger partial charge in [0.25, 0.3) is 0 Å². The van der Waals surface area contributed by atoms with E-state index in [0.29, 0.717) is 24.6 Å². The van der Waals surface area contributed by atoms with E-state index in [1.807, 2.05) is 6.07 Å². The van der Waals surface area contributed by atoms with Crippen LogP contribution < -0.4 is 10.2 Å². The average Bonchev–Trinajstić information content (AvgIpc) is 3.23. The van der Waals surface area contributed by atoms with Crippen molar-refractivity contribution in [2.75, 3.05) is 43.1 Å². The highest BCUT2D eigenvalue weighted by Gasteiger charge is 2.17. The van der Waals surface area contributed by atoms with Crippen molar-refractivity contribution in [2.45, 2.75) is 12.8 Å². The van der Waals surface area contributed by atoms with E-state index in [4.69, 9.17) is 4.74 Å². The van der Waals surface area contributed by atoms with Gasteiger partial charge < -0.3 is 15.0 Å². The molecular formula is C24H24FN5O. The number of hydrogen-bond acceptors (Lipinski definition) is 6. The van der Waals surface area contributed by atoms with Crippen LogP contribution in [0.5, 0.6) is 0 Å². The SMILES string of the molecule is Fc1cncc(-c2nc(NCCC3=CCc4ccccc43)cc(N3CCOCC3)n2)c1. The van der Waals surface area contributed by atoms with Crippen LogP contribution in [0.3, 0.4) is 0 Å². The van der Waals surface area contributed by atoms with Crippen molar-refractivity contribution >= 4 is 17.2 Å². The molecule has 0 saturated carbocycles. The molecule has 1 aliphatic heterocycles. The van der Waals surface area contributed by atoms with Gasteiger partial charge in [0.2, 0.25) is 0 Å². The van der Waals surface area contributed by atoms with Crippen LogP contribution in [0.1, 0.15) is 17.5 Å². The second-order valence-corrected chi connectivity index (χ2v) is 7.69. The van der Waals surface area contributed by atoms with Crippen LogP contribution >= 0.6 is 0 Å². The topological polar surface area (TPSA) is 63.2 Å². The van der Waals surface area contributed by atoms with Crippen LogP contribution in [0.15, 0.2) is 54.9 Å². The Labute approximate surface area is 180 Å². The van der Waals surface area contributed by atoms with Gasteiger partial charge in [-0.15, -0.1) is 0 Å². The van der Waals surface area contributed by atoms with E-state index in [-0.39, 0.29) is 0 Å². The highest BCUT2D eigenvalue weighted by molar-refractivity contribution is 5.73. The molecule has 0 spiro atoms. The predicted molar refractivity (Wildman–Crippen MR) is 119 cm³/mol. The molecule has 0 radical (unpaired) electrons. The Morgan fingerprint density at radius 3 is 2.81 bits per heavy atom. The molecule has 1 fully saturated rings. The second-order valence-electron chi connectivity index (χ2n) is 7.69. The lowest BCUT2D eigenvalue weighted by atomic mass is 10.0. The molecule has 3 heterocycles. The van der Waals surface area contributed by atoms with E-state index >= 15 is 0 Å². The summed E-state index contributed by atoms with van der Waals surface area (Å²) in [6, 6.07) is 11.9. The minimum absolute atomic E-state index is 0.403. The predicted octanol–water partition coefficient (Wildman–Crippen LogP) is 3.96. The van der Waals surface area contributed by atoms with E-state index in [1.165, 1.54) is 29.0 Å². The van der Waals surface area contributed by atoms with Gasteiger partial charge in [-0.1, -0.05) is 30.3 Å². The van der Waals surface area contributed by atoms with E-state index in [2.05, 4.69) is 55.5 Å². The van der Waals surface area contributed by atoms with Crippen molar-refractivity contribution in [3.8, 4) is 11.4 Å². The second kappa shape index (κ2) is 8.81. The number of nitrogens with zero attached hydrogens (tertiary/aromatic N) is 4. The number of allylic oxidation sites excluding steroid dienone is 1. The number of pyridine rings is 1. The Bertz CT molecular complexity index is 1110. The fourth-order valence-corrected chi connectivity index (χ4v) is 4.06. The number of benzene rings is 1. The Hall–Kier alpha value is -3.32. The van der Waals surface area contributed by atoms with E-state index in [1.54, 1.807) is 6.20 Å². The molecule has 0 amide bonds. The summed E-state index contributed by atoms with van der Waals surface area (Å²) >= 11 is 0. The summed E-state index contributed by atoms with van der Waals surface area (Å²) in [6.07, 6.45) is 6.98. The van der Waals surface area contributed by atoms with Gasteiger partial charge in [0.1, 0.15) is 17.5 Å². The van der Waals surface area contributed by atoms with E-state index in [0.717, 1.165) is 44.1 Å². The Kier molecular flexibility index (Phi) is 5.58. The Morgan fingerprint density at radius 2 is 1.94 bits per heavy atom. The van der Waals surface area contributed by atoms with E-state index in [9.17, 15) is 4.39 Å². The number of ether oxygens (including phenoxy) is 1. The van der Waals surface area contributed by atoms with Gasteiger partial charge in [-0.3, -0.25) is 4.98 Å². The highest BCUT2D eigenvalue weighted by atomic mass is 19.1. The minimum Gasteiger partial charge on any atom is -0.378 e. The van der Waals surface area contributed by atoms with Crippen molar-refractivity contribution in [2.24, 2.45) is 0 Å². The molecule has 0 atom stereocenters. The largest absolute Gasteiger partial charge is 0.378 e. The smallest absolute Gasteiger partial charge is 0.165 e. The molecule has 0 unspecified atom stereocenters. The molecule has 7 heteroatoms. The zero-order chi connectivity index (χ0) is 21.0. The third kappa shape index (κ3) is 4.41. The molecule has 5 rings (SSSR count). The summed E-state index contributed by atoms with van der Waals surface area (Å²) in [6.45, 7) is 3.61. The molecule has 2 aromatic heterocycles. The molecule has 31 heavy (non-hydrogen) atoms. The lowest BCUT2D eigenvalue weighted by Gasteiger charge is -2.28. The molecule has 158 valence electrons. The van der Waals surface area contributed by atoms with Crippen LogP contribution in [-0.4, -0.2) is 47.8 Å². The first-order valence-corrected chi connectivity index (χ1v) is 10.6. The number of aromatic nitrogens is 3. The number of anilines is 2. The van der Waals surface area contributed by atoms with Crippen LogP contribution in [0.2, 0.25) is 0 Å². The Balaban J connectivity index is 1.36. The minimum atomic E-state index is -0.403. The first-order chi connectivity index (χ1) is 15.3. The van der Waals surface area contributed by atoms with Crippen molar-refractivity contribution in [1.82, 2.24) is 15.0 Å². The van der Waals surface area contributed by atoms with Gasteiger partial charge in [0, 0.05) is 37.5 Å². The van der Waals surface area contributed by atoms with Crippen LogP contribution in [0.4, 0.5) is 16.0 Å². The van der Waals surface area contributed by atoms with Gasteiger partial charge in [-0.05, 0) is 35.6 Å². The van der Waals surface area contributed by atoms with Crippen molar-refractivity contribution in [3.05, 3.63) is 71.8 Å². The van der Waals surface area contributed by atoms with Gasteiger partial charge >= 0.3 is 0 Å². The summed E-state index contributed by atoms with van der Waals surface area (Å²) in [7, 11) is 0. The van der Waals surface area contributed by atoms with Crippen LogP contribution in [-0.2, 0) is 11.2 Å². The molecule has 3 aromatic rings. The fraction of sp³-hybridized carbons (Fsp3) is 0.292. The molecule has 6 nitrogen and oxygen atoms in total. The molecule has 1 saturated heterocycles. The van der Waals surface area contributed by atoms with Crippen molar-refractivity contribution in [1.29, 1.82) is 0 Å². The summed E-state index contributed by atoms with van der Waals surface area (Å²) < 4.78 is 19.2. The van der Waals surface area contributed by atoms with Gasteiger partial charge in [0.05, 0.1) is 19.4 Å². The lowest BCUT2D eigenvalue weighted by molar-refractivity contribution is 0.122. The van der Waals surface area contributed by atoms with Crippen LogP contribution in [0.25, 0.3) is 17.0 Å². The standard InChI is InChI=1S/C24H24FN5O/c25-20-13-19(15-26-16-20)24-28-22(14-23(29-24)30-9-11-31-12-10-30)27-8-7-18-6-5-17-3-1-2-4-21(17)18/h1-4,6,13-16H,5,7-12H2,(H,27,28,29). The molecular weight excluding hydrogens is 393 g/mol. The third-order valence-corrected chi connectivity index (χ3v) is 5.64. The zero-order valence-corrected chi connectivity index (χ0v) is 17.2.